The lowest BCUT2D eigenvalue weighted by Gasteiger charge is -2.11. The minimum Gasteiger partial charge on any atom is -0.457 e. The molecule has 2 aromatic heterocycles. The molecular formula is C42H35F6IN2O6. The van der Waals surface area contributed by atoms with Crippen LogP contribution < -0.4 is 29.8 Å². The first-order valence-corrected chi connectivity index (χ1v) is 18.2. The lowest BCUT2D eigenvalue weighted by Crippen LogP contribution is -2.18. The number of ether oxygens (including phenoxy) is 4. The lowest BCUT2D eigenvalue weighted by atomic mass is 10.0. The van der Waals surface area contributed by atoms with Gasteiger partial charge in [-0.25, -0.2) is 0 Å². The third-order valence-electron chi connectivity index (χ3n) is 8.31. The van der Waals surface area contributed by atoms with E-state index < -0.39 is 12.7 Å². The van der Waals surface area contributed by atoms with Crippen molar-refractivity contribution in [3.63, 3.8) is 0 Å². The number of rotatable bonds is 10. The van der Waals surface area contributed by atoms with Crippen LogP contribution in [0.4, 0.5) is 26.3 Å². The molecule has 0 amide bonds. The first-order valence-electron chi connectivity index (χ1n) is 17.1. The predicted octanol–water partition coefficient (Wildman–Crippen LogP) is 11.2. The molecule has 298 valence electrons. The summed E-state index contributed by atoms with van der Waals surface area (Å²) in [5, 5.41) is 0. The molecule has 6 aromatic rings. The zero-order valence-corrected chi connectivity index (χ0v) is 33.0. The number of aromatic nitrogens is 2. The van der Waals surface area contributed by atoms with Crippen LogP contribution in [0.1, 0.15) is 45.0 Å². The number of nitrogens with one attached hydrogen (secondary N) is 2. The summed E-state index contributed by atoms with van der Waals surface area (Å²) in [6.45, 7) is 7.46. The van der Waals surface area contributed by atoms with Gasteiger partial charge < -0.3 is 28.9 Å². The second kappa shape index (κ2) is 18.0. The van der Waals surface area contributed by atoms with E-state index in [1.54, 1.807) is 30.3 Å². The van der Waals surface area contributed by atoms with Gasteiger partial charge in [-0.2, -0.15) is 0 Å². The van der Waals surface area contributed by atoms with E-state index in [-0.39, 0.29) is 22.4 Å². The van der Waals surface area contributed by atoms with Gasteiger partial charge in [0.2, 0.25) is 0 Å². The predicted molar refractivity (Wildman–Crippen MR) is 211 cm³/mol. The van der Waals surface area contributed by atoms with Crippen molar-refractivity contribution in [2.75, 3.05) is 0 Å². The molecule has 0 unspecified atom stereocenters. The van der Waals surface area contributed by atoms with Crippen molar-refractivity contribution in [2.45, 2.75) is 53.3 Å². The van der Waals surface area contributed by atoms with Gasteiger partial charge in [-0.1, -0.05) is 24.3 Å². The molecule has 8 nitrogen and oxygen atoms in total. The van der Waals surface area contributed by atoms with Crippen molar-refractivity contribution in [3.05, 3.63) is 172 Å². The maximum absolute atomic E-state index is 12.5. The summed E-state index contributed by atoms with van der Waals surface area (Å²) in [7, 11) is 0. The van der Waals surface area contributed by atoms with Crippen LogP contribution in [-0.4, -0.2) is 22.7 Å². The summed E-state index contributed by atoms with van der Waals surface area (Å²) < 4.78 is 92.7. The van der Waals surface area contributed by atoms with Crippen LogP contribution in [-0.2, 0) is 12.8 Å². The molecule has 6 rings (SSSR count). The summed E-state index contributed by atoms with van der Waals surface area (Å²) in [5.41, 5.74) is 6.69. The van der Waals surface area contributed by atoms with Crippen molar-refractivity contribution in [3.8, 4) is 34.5 Å². The topological polar surface area (TPSA) is 103 Å². The van der Waals surface area contributed by atoms with Gasteiger partial charge in [0, 0.05) is 52.8 Å². The van der Waals surface area contributed by atoms with Gasteiger partial charge in [-0.3, -0.25) is 9.59 Å². The van der Waals surface area contributed by atoms with Gasteiger partial charge in [0.1, 0.15) is 34.5 Å². The Morgan fingerprint density at radius 3 is 1.25 bits per heavy atom. The number of alkyl halides is 6. The van der Waals surface area contributed by atoms with Crippen molar-refractivity contribution < 1.29 is 45.3 Å². The van der Waals surface area contributed by atoms with Gasteiger partial charge in [0.25, 0.3) is 0 Å². The molecule has 0 spiro atoms. The molecule has 0 atom stereocenters. The minimum absolute atomic E-state index is 0.00441. The number of hydrogen-bond donors (Lipinski definition) is 2. The molecule has 0 aliphatic rings. The number of H-pyrrole nitrogens is 2. The maximum atomic E-state index is 12.5. The average molecular weight is 905 g/mol. The van der Waals surface area contributed by atoms with E-state index in [1.165, 1.54) is 48.5 Å². The first kappa shape index (κ1) is 42.4. The zero-order chi connectivity index (χ0) is 41.5. The van der Waals surface area contributed by atoms with Crippen LogP contribution in [0.5, 0.6) is 34.5 Å². The van der Waals surface area contributed by atoms with E-state index in [9.17, 15) is 35.9 Å². The quantitative estimate of drug-likeness (QED) is 0.105. The molecule has 0 bridgehead atoms. The number of pyridine rings is 2. The Bertz CT molecular complexity index is 2410. The Labute approximate surface area is 336 Å². The first-order chi connectivity index (χ1) is 26.8. The summed E-state index contributed by atoms with van der Waals surface area (Å²) in [6, 6.07) is 26.3. The molecule has 2 N–H and O–H groups in total. The van der Waals surface area contributed by atoms with Gasteiger partial charge in [0.15, 0.2) is 10.9 Å². The number of aromatic amines is 2. The molecule has 4 aromatic carbocycles. The highest BCUT2D eigenvalue weighted by atomic mass is 127. The van der Waals surface area contributed by atoms with E-state index >= 15 is 0 Å². The Hall–Kier alpha value is -5.71. The highest BCUT2D eigenvalue weighted by Crippen LogP contribution is 2.29. The van der Waals surface area contributed by atoms with Gasteiger partial charge in [0.05, 0.1) is 3.57 Å². The fourth-order valence-electron chi connectivity index (χ4n) is 5.64. The second-order valence-electron chi connectivity index (χ2n) is 12.8. The average Bonchev–Trinajstić information content (AvgIpc) is 3.13. The third kappa shape index (κ3) is 12.6. The molecule has 0 saturated carbocycles. The standard InChI is InChI=1S/C21H17F3INO3.C21H18F3NO3/c1-12-18(20(27)19(25)13(2)26-12)11-14-3-5-15(6-4-14)28-16-7-9-17(10-8-16)29-21(22,23)24;1-13-11-20(26)19(14(2)25-13)12-15-3-5-16(6-4-15)27-17-7-9-18(10-8-17)28-21(22,23)24/h3-10H,11H2,1-2H3,(H,26,27);3-11H,12H2,1-2H3,(H,25,26). The molecule has 0 aliphatic carbocycles. The van der Waals surface area contributed by atoms with Crippen LogP contribution in [0.2, 0.25) is 0 Å². The number of halogens is 7. The van der Waals surface area contributed by atoms with Crippen molar-refractivity contribution in [1.82, 2.24) is 9.97 Å². The van der Waals surface area contributed by atoms with Crippen LogP contribution in [0.3, 0.4) is 0 Å². The van der Waals surface area contributed by atoms with Gasteiger partial charge in [-0.15, -0.1) is 26.3 Å². The molecule has 15 heteroatoms. The lowest BCUT2D eigenvalue weighted by molar-refractivity contribution is -0.275. The van der Waals surface area contributed by atoms with Crippen molar-refractivity contribution in [1.29, 1.82) is 0 Å². The molecule has 0 radical (unpaired) electrons. The molecular weight excluding hydrogens is 869 g/mol. The van der Waals surface area contributed by atoms with Crippen LogP contribution in [0.15, 0.2) is 113 Å². The Kier molecular flexibility index (Phi) is 13.4. The summed E-state index contributed by atoms with van der Waals surface area (Å²) in [4.78, 5) is 31.0. The number of aryl methyl sites for hydroxylation is 4. The van der Waals surface area contributed by atoms with E-state index in [0.29, 0.717) is 50.5 Å². The smallest absolute Gasteiger partial charge is 0.457 e. The highest BCUT2D eigenvalue weighted by molar-refractivity contribution is 14.1. The van der Waals surface area contributed by atoms with E-state index in [0.717, 1.165) is 33.9 Å². The second-order valence-corrected chi connectivity index (χ2v) is 13.9. The fraction of sp³-hybridized carbons (Fsp3) is 0.190. The SMILES string of the molecule is Cc1[nH]c(C)c(Cc2ccc(Oc3ccc(OC(F)(F)F)cc3)cc2)c(=O)c1I.Cc1cc(=O)c(Cc2ccc(Oc3ccc(OC(F)(F)F)cc3)cc2)c(C)[nH]1. The summed E-state index contributed by atoms with van der Waals surface area (Å²) in [6.07, 6.45) is -8.48. The number of benzene rings is 4. The Balaban J connectivity index is 0.000000218. The summed E-state index contributed by atoms with van der Waals surface area (Å²) in [5.74, 6) is 1.20. The number of hydrogen-bond acceptors (Lipinski definition) is 6. The van der Waals surface area contributed by atoms with E-state index in [4.69, 9.17) is 9.47 Å². The third-order valence-corrected chi connectivity index (χ3v) is 9.61. The largest absolute Gasteiger partial charge is 0.573 e. The molecule has 0 saturated heterocycles. The molecule has 57 heavy (non-hydrogen) atoms. The summed E-state index contributed by atoms with van der Waals surface area (Å²) >= 11 is 2.05. The van der Waals surface area contributed by atoms with E-state index in [1.807, 2.05) is 74.6 Å². The normalized spacial score (nSPS) is 11.4. The fourth-order valence-corrected chi connectivity index (χ4v) is 6.10. The van der Waals surface area contributed by atoms with Crippen molar-refractivity contribution in [2.24, 2.45) is 0 Å². The molecule has 0 aliphatic heterocycles. The van der Waals surface area contributed by atoms with Crippen LogP contribution in [0, 0.1) is 31.3 Å². The minimum atomic E-state index is -4.73. The molecule has 0 fully saturated rings. The highest BCUT2D eigenvalue weighted by Gasteiger charge is 2.31. The van der Waals surface area contributed by atoms with Gasteiger partial charge in [-0.05, 0) is 134 Å². The Morgan fingerprint density at radius 2 is 0.860 bits per heavy atom. The monoisotopic (exact) mass is 904 g/mol. The van der Waals surface area contributed by atoms with Gasteiger partial charge >= 0.3 is 12.7 Å². The maximum Gasteiger partial charge on any atom is 0.573 e. The molecule has 2 heterocycles. The van der Waals surface area contributed by atoms with E-state index in [2.05, 4.69) is 19.4 Å². The van der Waals surface area contributed by atoms with Crippen LogP contribution >= 0.6 is 22.6 Å². The van der Waals surface area contributed by atoms with Crippen molar-refractivity contribution >= 4 is 22.6 Å². The zero-order valence-electron chi connectivity index (χ0n) is 30.8. The van der Waals surface area contributed by atoms with Crippen LogP contribution in [0.25, 0.3) is 0 Å². The Morgan fingerprint density at radius 1 is 0.509 bits per heavy atom.